The number of benzene rings is 2. The lowest BCUT2D eigenvalue weighted by Crippen LogP contribution is -2.32. The van der Waals surface area contributed by atoms with Crippen LogP contribution in [0.4, 0.5) is 0 Å². The number of aromatic nitrogens is 1. The Kier molecular flexibility index (Phi) is 4.30. The number of hydrogen-bond acceptors (Lipinski definition) is 2. The maximum atomic E-state index is 12.9. The van der Waals surface area contributed by atoms with E-state index in [4.69, 9.17) is 0 Å². The highest BCUT2D eigenvalue weighted by atomic mass is 32.2. The normalized spacial score (nSPS) is 18.5. The third kappa shape index (κ3) is 3.06. The number of fused-ring (bicyclic) bond motifs is 1. The van der Waals surface area contributed by atoms with Crippen molar-refractivity contribution in [3.8, 4) is 0 Å². The zero-order chi connectivity index (χ0) is 16.4. The molecule has 2 heterocycles. The van der Waals surface area contributed by atoms with Gasteiger partial charge in [-0.15, -0.1) is 0 Å². The van der Waals surface area contributed by atoms with Gasteiger partial charge in [0.1, 0.15) is 0 Å². The van der Waals surface area contributed by atoms with Gasteiger partial charge in [-0.05, 0) is 36.2 Å². The molecule has 1 unspecified atom stereocenters. The maximum absolute atomic E-state index is 12.9. The van der Waals surface area contributed by atoms with Crippen molar-refractivity contribution in [3.05, 3.63) is 71.9 Å². The molecule has 0 spiro atoms. The van der Waals surface area contributed by atoms with Crippen molar-refractivity contribution in [2.75, 3.05) is 18.8 Å². The van der Waals surface area contributed by atoms with Gasteiger partial charge in [0.15, 0.2) is 0 Å². The molecule has 1 atom stereocenters. The molecule has 0 saturated carbocycles. The lowest BCUT2D eigenvalue weighted by Gasteiger charge is -2.20. The number of nitrogens with one attached hydrogen (secondary N) is 1. The van der Waals surface area contributed by atoms with Crippen LogP contribution in [0.5, 0.6) is 0 Å². The summed E-state index contributed by atoms with van der Waals surface area (Å²) < 4.78 is 0. The van der Waals surface area contributed by atoms with Gasteiger partial charge in [0.2, 0.25) is 0 Å². The number of H-pyrrole nitrogens is 1. The zero-order valence-corrected chi connectivity index (χ0v) is 14.3. The van der Waals surface area contributed by atoms with Crippen molar-refractivity contribution in [2.24, 2.45) is 0 Å². The molecule has 0 radical (unpaired) electrons. The Morgan fingerprint density at radius 3 is 2.83 bits per heavy atom. The number of carbonyl (C=O) groups excluding carboxylic acids is 1. The van der Waals surface area contributed by atoms with Gasteiger partial charge >= 0.3 is 0 Å². The number of hydrogen-bond donors (Lipinski definition) is 1. The van der Waals surface area contributed by atoms with Crippen molar-refractivity contribution in [3.63, 3.8) is 0 Å². The molecule has 1 amide bonds. The average Bonchev–Trinajstić information content (AvgIpc) is 2.96. The zero-order valence-electron chi connectivity index (χ0n) is 13.4. The van der Waals surface area contributed by atoms with Gasteiger partial charge in [0, 0.05) is 46.8 Å². The Morgan fingerprint density at radius 2 is 1.96 bits per heavy atom. The molecular weight excluding hydrogens is 316 g/mol. The van der Waals surface area contributed by atoms with Crippen LogP contribution in [0.25, 0.3) is 10.9 Å². The molecule has 1 aromatic heterocycles. The van der Waals surface area contributed by atoms with Crippen LogP contribution in [0.1, 0.15) is 27.6 Å². The minimum Gasteiger partial charge on any atom is -0.361 e. The highest BCUT2D eigenvalue weighted by molar-refractivity contribution is 7.99. The van der Waals surface area contributed by atoms with Gasteiger partial charge in [-0.2, -0.15) is 11.8 Å². The SMILES string of the molecule is O=C(c1ccc2[nH]ccc2c1)N1CCSC(c2ccccc2)CC1. The Bertz CT molecular complexity index is 843. The monoisotopic (exact) mass is 336 g/mol. The summed E-state index contributed by atoms with van der Waals surface area (Å²) in [6.45, 7) is 1.63. The minimum atomic E-state index is 0.146. The van der Waals surface area contributed by atoms with E-state index in [1.165, 1.54) is 5.56 Å². The quantitative estimate of drug-likeness (QED) is 0.748. The van der Waals surface area contributed by atoms with Crippen molar-refractivity contribution < 1.29 is 4.79 Å². The van der Waals surface area contributed by atoms with Crippen molar-refractivity contribution in [2.45, 2.75) is 11.7 Å². The van der Waals surface area contributed by atoms with Gasteiger partial charge < -0.3 is 9.88 Å². The van der Waals surface area contributed by atoms with E-state index in [1.54, 1.807) is 0 Å². The molecule has 24 heavy (non-hydrogen) atoms. The Morgan fingerprint density at radius 1 is 1.08 bits per heavy atom. The first kappa shape index (κ1) is 15.3. The van der Waals surface area contributed by atoms with Crippen molar-refractivity contribution in [1.29, 1.82) is 0 Å². The molecule has 4 rings (SSSR count). The standard InChI is InChI=1S/C20H20N2OS/c23-20(17-6-7-18-16(14-17)8-10-21-18)22-11-9-19(24-13-12-22)15-4-2-1-3-5-15/h1-8,10,14,19,21H,9,11-13H2. The largest absolute Gasteiger partial charge is 0.361 e. The molecule has 2 aromatic carbocycles. The summed E-state index contributed by atoms with van der Waals surface area (Å²) >= 11 is 1.96. The van der Waals surface area contributed by atoms with E-state index in [1.807, 2.05) is 47.1 Å². The summed E-state index contributed by atoms with van der Waals surface area (Å²) in [5.74, 6) is 1.13. The summed E-state index contributed by atoms with van der Waals surface area (Å²) in [6.07, 6.45) is 2.92. The average molecular weight is 336 g/mol. The highest BCUT2D eigenvalue weighted by Gasteiger charge is 2.22. The summed E-state index contributed by atoms with van der Waals surface area (Å²) in [5, 5.41) is 1.57. The predicted molar refractivity (Wildman–Crippen MR) is 100 cm³/mol. The summed E-state index contributed by atoms with van der Waals surface area (Å²) in [7, 11) is 0. The molecule has 1 aliphatic heterocycles. The number of thioether (sulfide) groups is 1. The molecule has 0 aliphatic carbocycles. The number of aromatic amines is 1. The van der Waals surface area contributed by atoms with Crippen LogP contribution >= 0.6 is 11.8 Å². The number of amides is 1. The lowest BCUT2D eigenvalue weighted by molar-refractivity contribution is 0.0767. The van der Waals surface area contributed by atoms with E-state index in [-0.39, 0.29) is 5.91 Å². The molecule has 122 valence electrons. The van der Waals surface area contributed by atoms with E-state index in [2.05, 4.69) is 35.3 Å². The van der Waals surface area contributed by atoms with Crippen LogP contribution < -0.4 is 0 Å². The van der Waals surface area contributed by atoms with Gasteiger partial charge in [0.05, 0.1) is 0 Å². The molecule has 3 aromatic rings. The van der Waals surface area contributed by atoms with Crippen LogP contribution in [0.2, 0.25) is 0 Å². The summed E-state index contributed by atoms with van der Waals surface area (Å²) in [6, 6.07) is 18.5. The number of nitrogens with zero attached hydrogens (tertiary/aromatic N) is 1. The maximum Gasteiger partial charge on any atom is 0.253 e. The first-order chi connectivity index (χ1) is 11.8. The second kappa shape index (κ2) is 6.73. The van der Waals surface area contributed by atoms with Gasteiger partial charge in [-0.25, -0.2) is 0 Å². The second-order valence-corrected chi connectivity index (χ2v) is 7.44. The summed E-state index contributed by atoms with van der Waals surface area (Å²) in [4.78, 5) is 18.0. The molecule has 1 fully saturated rings. The van der Waals surface area contributed by atoms with Gasteiger partial charge in [0.25, 0.3) is 5.91 Å². The number of rotatable bonds is 2. The predicted octanol–water partition coefficient (Wildman–Crippen LogP) is 4.49. The molecule has 3 nitrogen and oxygen atoms in total. The minimum absolute atomic E-state index is 0.146. The Labute approximate surface area is 146 Å². The molecular formula is C20H20N2OS. The highest BCUT2D eigenvalue weighted by Crippen LogP contribution is 2.34. The first-order valence-electron chi connectivity index (χ1n) is 8.34. The fourth-order valence-electron chi connectivity index (χ4n) is 3.28. The Balaban J connectivity index is 1.49. The smallest absolute Gasteiger partial charge is 0.253 e. The van der Waals surface area contributed by atoms with Crippen LogP contribution in [0, 0.1) is 0 Å². The fourth-order valence-corrected chi connectivity index (χ4v) is 4.51. The van der Waals surface area contributed by atoms with Crippen molar-refractivity contribution >= 4 is 28.6 Å². The molecule has 1 aliphatic rings. The van der Waals surface area contributed by atoms with E-state index in [0.29, 0.717) is 5.25 Å². The van der Waals surface area contributed by atoms with Gasteiger partial charge in [-0.3, -0.25) is 4.79 Å². The molecule has 4 heteroatoms. The van der Waals surface area contributed by atoms with E-state index >= 15 is 0 Å². The lowest BCUT2D eigenvalue weighted by atomic mass is 10.1. The first-order valence-corrected chi connectivity index (χ1v) is 9.39. The second-order valence-electron chi connectivity index (χ2n) is 6.13. The Hall–Kier alpha value is -2.20. The van der Waals surface area contributed by atoms with Crippen LogP contribution in [-0.4, -0.2) is 34.6 Å². The number of carbonyl (C=O) groups is 1. The van der Waals surface area contributed by atoms with Crippen LogP contribution in [0.15, 0.2) is 60.8 Å². The summed E-state index contributed by atoms with van der Waals surface area (Å²) in [5.41, 5.74) is 3.22. The van der Waals surface area contributed by atoms with E-state index < -0.39 is 0 Å². The van der Waals surface area contributed by atoms with Crippen LogP contribution in [-0.2, 0) is 0 Å². The molecule has 1 N–H and O–H groups in total. The topological polar surface area (TPSA) is 36.1 Å². The molecule has 1 saturated heterocycles. The van der Waals surface area contributed by atoms with E-state index in [0.717, 1.165) is 41.7 Å². The third-order valence-electron chi connectivity index (χ3n) is 4.60. The van der Waals surface area contributed by atoms with Crippen molar-refractivity contribution in [1.82, 2.24) is 9.88 Å². The fraction of sp³-hybridized carbons (Fsp3) is 0.250. The molecule has 0 bridgehead atoms. The van der Waals surface area contributed by atoms with Crippen LogP contribution in [0.3, 0.4) is 0 Å². The third-order valence-corrected chi connectivity index (χ3v) is 5.93. The van der Waals surface area contributed by atoms with Gasteiger partial charge in [-0.1, -0.05) is 30.3 Å². The van der Waals surface area contributed by atoms with E-state index in [9.17, 15) is 4.79 Å².